The highest BCUT2D eigenvalue weighted by Crippen LogP contribution is 2.36. The standard InChI is InChI=1S/C20H21FN4O/c1-12-22-17-4-2-3-15(17)20(23-12)25-9-7-13(8-10-25)19-16-6-5-14(21)11-18(16)26-24-19/h5-6,11,13H,2-4,7-10H2,1H3. The summed E-state index contributed by atoms with van der Waals surface area (Å²) in [7, 11) is 0. The van der Waals surface area contributed by atoms with Crippen molar-refractivity contribution in [3.05, 3.63) is 46.8 Å². The Morgan fingerprint density at radius 2 is 2.00 bits per heavy atom. The fourth-order valence-electron chi connectivity index (χ4n) is 4.38. The summed E-state index contributed by atoms with van der Waals surface area (Å²) in [5.74, 6) is 2.06. The van der Waals surface area contributed by atoms with E-state index in [0.717, 1.165) is 61.5 Å². The van der Waals surface area contributed by atoms with Crippen LogP contribution in [-0.4, -0.2) is 28.2 Å². The molecule has 0 spiro atoms. The van der Waals surface area contributed by atoms with Crippen LogP contribution in [0.25, 0.3) is 11.0 Å². The van der Waals surface area contributed by atoms with Gasteiger partial charge in [0.2, 0.25) is 0 Å². The molecular formula is C20H21FN4O. The Labute approximate surface area is 151 Å². The van der Waals surface area contributed by atoms with E-state index in [1.54, 1.807) is 6.07 Å². The third-order valence-electron chi connectivity index (χ3n) is 5.67. The van der Waals surface area contributed by atoms with Crippen molar-refractivity contribution < 1.29 is 8.91 Å². The highest BCUT2D eigenvalue weighted by atomic mass is 19.1. The van der Waals surface area contributed by atoms with Crippen LogP contribution in [0.5, 0.6) is 0 Å². The summed E-state index contributed by atoms with van der Waals surface area (Å²) in [5.41, 5.74) is 4.07. The van der Waals surface area contributed by atoms with Gasteiger partial charge in [-0.1, -0.05) is 5.16 Å². The predicted molar refractivity (Wildman–Crippen MR) is 96.9 cm³/mol. The molecule has 26 heavy (non-hydrogen) atoms. The number of hydrogen-bond donors (Lipinski definition) is 0. The third kappa shape index (κ3) is 2.55. The molecule has 1 aliphatic heterocycles. The molecule has 0 bridgehead atoms. The number of benzene rings is 1. The van der Waals surface area contributed by atoms with E-state index in [-0.39, 0.29) is 5.82 Å². The highest BCUT2D eigenvalue weighted by Gasteiger charge is 2.28. The van der Waals surface area contributed by atoms with Gasteiger partial charge in [-0.25, -0.2) is 14.4 Å². The molecule has 0 saturated carbocycles. The Bertz CT molecular complexity index is 975. The van der Waals surface area contributed by atoms with Crippen molar-refractivity contribution in [2.24, 2.45) is 0 Å². The minimum atomic E-state index is -0.289. The van der Waals surface area contributed by atoms with Gasteiger partial charge < -0.3 is 9.42 Å². The number of aromatic nitrogens is 3. The van der Waals surface area contributed by atoms with E-state index in [0.29, 0.717) is 11.5 Å². The second-order valence-electron chi connectivity index (χ2n) is 7.34. The van der Waals surface area contributed by atoms with Crippen LogP contribution in [0.15, 0.2) is 22.7 Å². The summed E-state index contributed by atoms with van der Waals surface area (Å²) in [6.07, 6.45) is 5.33. The predicted octanol–water partition coefficient (Wildman–Crippen LogP) is 3.94. The zero-order valence-corrected chi connectivity index (χ0v) is 14.8. The number of fused-ring (bicyclic) bond motifs is 2. The fourth-order valence-corrected chi connectivity index (χ4v) is 4.38. The number of anilines is 1. The topological polar surface area (TPSA) is 55.1 Å². The first-order chi connectivity index (χ1) is 12.7. The molecule has 1 aromatic carbocycles. The average molecular weight is 352 g/mol. The van der Waals surface area contributed by atoms with Gasteiger partial charge in [0, 0.05) is 41.7 Å². The van der Waals surface area contributed by atoms with Crippen LogP contribution in [0.1, 0.15) is 48.0 Å². The smallest absolute Gasteiger partial charge is 0.170 e. The molecule has 0 atom stereocenters. The molecule has 5 rings (SSSR count). The molecule has 1 saturated heterocycles. The van der Waals surface area contributed by atoms with E-state index in [1.165, 1.54) is 29.8 Å². The molecule has 2 aromatic heterocycles. The normalized spacial score (nSPS) is 17.8. The minimum absolute atomic E-state index is 0.289. The van der Waals surface area contributed by atoms with E-state index in [2.05, 4.69) is 15.0 Å². The molecule has 6 heteroatoms. The minimum Gasteiger partial charge on any atom is -0.356 e. The van der Waals surface area contributed by atoms with Gasteiger partial charge >= 0.3 is 0 Å². The lowest BCUT2D eigenvalue weighted by Gasteiger charge is -2.33. The van der Waals surface area contributed by atoms with Crippen molar-refractivity contribution in [2.75, 3.05) is 18.0 Å². The summed E-state index contributed by atoms with van der Waals surface area (Å²) in [5, 5.41) is 5.18. The number of hydrogen-bond acceptors (Lipinski definition) is 5. The number of nitrogens with zero attached hydrogens (tertiary/aromatic N) is 4. The number of halogens is 1. The lowest BCUT2D eigenvalue weighted by atomic mass is 9.91. The van der Waals surface area contributed by atoms with Crippen molar-refractivity contribution in [3.8, 4) is 0 Å². The average Bonchev–Trinajstić information content (AvgIpc) is 3.27. The molecule has 134 valence electrons. The molecule has 1 fully saturated rings. The van der Waals surface area contributed by atoms with E-state index < -0.39 is 0 Å². The van der Waals surface area contributed by atoms with Crippen molar-refractivity contribution in [2.45, 2.75) is 44.9 Å². The Hall–Kier alpha value is -2.50. The van der Waals surface area contributed by atoms with Gasteiger partial charge in [-0.3, -0.25) is 0 Å². The van der Waals surface area contributed by atoms with Crippen LogP contribution < -0.4 is 4.90 Å². The number of rotatable bonds is 2. The maximum absolute atomic E-state index is 13.4. The maximum atomic E-state index is 13.4. The molecule has 0 radical (unpaired) electrons. The lowest BCUT2D eigenvalue weighted by molar-refractivity contribution is 0.415. The van der Waals surface area contributed by atoms with Crippen LogP contribution in [0.4, 0.5) is 10.2 Å². The van der Waals surface area contributed by atoms with Crippen LogP contribution >= 0.6 is 0 Å². The largest absolute Gasteiger partial charge is 0.356 e. The number of aryl methyl sites for hydroxylation is 2. The van der Waals surface area contributed by atoms with Gasteiger partial charge in [-0.15, -0.1) is 0 Å². The van der Waals surface area contributed by atoms with E-state index in [9.17, 15) is 4.39 Å². The maximum Gasteiger partial charge on any atom is 0.170 e. The van der Waals surface area contributed by atoms with E-state index >= 15 is 0 Å². The zero-order chi connectivity index (χ0) is 17.7. The Kier molecular flexibility index (Phi) is 3.65. The summed E-state index contributed by atoms with van der Waals surface area (Å²) < 4.78 is 18.7. The second kappa shape index (κ2) is 6.04. The molecule has 3 aromatic rings. The first-order valence-electron chi connectivity index (χ1n) is 9.35. The van der Waals surface area contributed by atoms with Gasteiger partial charge in [0.05, 0.1) is 5.69 Å². The Morgan fingerprint density at radius 1 is 1.15 bits per heavy atom. The molecule has 5 nitrogen and oxygen atoms in total. The molecule has 2 aliphatic rings. The van der Waals surface area contributed by atoms with E-state index in [4.69, 9.17) is 9.51 Å². The van der Waals surface area contributed by atoms with E-state index in [1.807, 2.05) is 6.92 Å². The fraction of sp³-hybridized carbons (Fsp3) is 0.450. The van der Waals surface area contributed by atoms with Gasteiger partial charge in [-0.2, -0.15) is 0 Å². The monoisotopic (exact) mass is 352 g/mol. The van der Waals surface area contributed by atoms with Crippen molar-refractivity contribution in [1.29, 1.82) is 0 Å². The van der Waals surface area contributed by atoms with Crippen LogP contribution in [0, 0.1) is 12.7 Å². The molecular weight excluding hydrogens is 331 g/mol. The lowest BCUT2D eigenvalue weighted by Crippen LogP contribution is -2.34. The SMILES string of the molecule is Cc1nc2c(c(N3CCC(c4noc5cc(F)ccc45)CC3)n1)CCC2. The van der Waals surface area contributed by atoms with Gasteiger partial charge in [0.1, 0.15) is 17.5 Å². The summed E-state index contributed by atoms with van der Waals surface area (Å²) in [4.78, 5) is 11.8. The Morgan fingerprint density at radius 3 is 2.85 bits per heavy atom. The van der Waals surface area contributed by atoms with Crippen LogP contribution in [-0.2, 0) is 12.8 Å². The summed E-state index contributed by atoms with van der Waals surface area (Å²) >= 11 is 0. The first kappa shape index (κ1) is 15.7. The number of piperidine rings is 1. The highest BCUT2D eigenvalue weighted by molar-refractivity contribution is 5.80. The van der Waals surface area contributed by atoms with Crippen LogP contribution in [0.3, 0.4) is 0 Å². The third-order valence-corrected chi connectivity index (χ3v) is 5.67. The first-order valence-corrected chi connectivity index (χ1v) is 9.35. The van der Waals surface area contributed by atoms with Gasteiger partial charge in [0.25, 0.3) is 0 Å². The summed E-state index contributed by atoms with van der Waals surface area (Å²) in [6, 6.07) is 4.67. The van der Waals surface area contributed by atoms with Gasteiger partial charge in [0.15, 0.2) is 5.58 Å². The molecule has 3 heterocycles. The van der Waals surface area contributed by atoms with Crippen molar-refractivity contribution >= 4 is 16.8 Å². The second-order valence-corrected chi connectivity index (χ2v) is 7.34. The summed E-state index contributed by atoms with van der Waals surface area (Å²) in [6.45, 7) is 3.88. The Balaban J connectivity index is 1.38. The van der Waals surface area contributed by atoms with Crippen LogP contribution in [0.2, 0.25) is 0 Å². The quantitative estimate of drug-likeness (QED) is 0.699. The van der Waals surface area contributed by atoms with Crippen molar-refractivity contribution in [3.63, 3.8) is 0 Å². The molecule has 1 aliphatic carbocycles. The molecule has 0 unspecified atom stereocenters. The zero-order valence-electron chi connectivity index (χ0n) is 14.8. The molecule has 0 amide bonds. The van der Waals surface area contributed by atoms with Gasteiger partial charge in [-0.05, 0) is 51.2 Å². The molecule has 0 N–H and O–H groups in total. The van der Waals surface area contributed by atoms with Crippen molar-refractivity contribution in [1.82, 2.24) is 15.1 Å².